The lowest BCUT2D eigenvalue weighted by atomic mass is 10.1. The minimum absolute atomic E-state index is 0.220. The summed E-state index contributed by atoms with van der Waals surface area (Å²) in [6.07, 6.45) is 2.04. The van der Waals surface area contributed by atoms with Gasteiger partial charge in [-0.15, -0.1) is 0 Å². The van der Waals surface area contributed by atoms with Crippen LogP contribution in [0.15, 0.2) is 24.3 Å². The van der Waals surface area contributed by atoms with Crippen LogP contribution < -0.4 is 14.8 Å². The van der Waals surface area contributed by atoms with Crippen LogP contribution in [0.1, 0.15) is 26.2 Å². The highest BCUT2D eigenvalue weighted by Gasteiger charge is 2.19. The first-order valence-corrected chi connectivity index (χ1v) is 6.85. The molecule has 0 aliphatic carbocycles. The molecule has 0 saturated carbocycles. The van der Waals surface area contributed by atoms with Crippen LogP contribution in [0.2, 0.25) is 0 Å². The molecule has 1 rings (SSSR count). The second-order valence-corrected chi connectivity index (χ2v) is 4.56. The lowest BCUT2D eigenvalue weighted by molar-refractivity contribution is -0.142. The first-order chi connectivity index (χ1) is 10.1. The van der Waals surface area contributed by atoms with E-state index in [2.05, 4.69) is 5.32 Å². The number of amides is 1. The molecule has 1 aromatic rings. The highest BCUT2D eigenvalue weighted by Crippen LogP contribution is 2.16. The standard InChI is InChI=1S/C15H21NO5/c1-3-4-5-13(15(18)19)16-14(17)10-21-12-8-6-11(20-2)7-9-12/h6-9,13H,3-5,10H2,1-2H3,(H,16,17)(H,18,19)/t13-/m0/s1. The molecule has 0 saturated heterocycles. The number of rotatable bonds is 9. The number of carbonyl (C=O) groups is 2. The van der Waals surface area contributed by atoms with Crippen molar-refractivity contribution in [2.45, 2.75) is 32.2 Å². The van der Waals surface area contributed by atoms with Gasteiger partial charge in [-0.1, -0.05) is 19.8 Å². The predicted octanol–water partition coefficient (Wildman–Crippen LogP) is 1.83. The largest absolute Gasteiger partial charge is 0.497 e. The monoisotopic (exact) mass is 295 g/mol. The molecule has 0 unspecified atom stereocenters. The summed E-state index contributed by atoms with van der Waals surface area (Å²) in [6.45, 7) is 1.75. The molecule has 0 spiro atoms. The third-order valence-corrected chi connectivity index (χ3v) is 2.91. The molecule has 2 N–H and O–H groups in total. The summed E-state index contributed by atoms with van der Waals surface area (Å²) in [4.78, 5) is 22.7. The Morgan fingerprint density at radius 3 is 2.38 bits per heavy atom. The third kappa shape index (κ3) is 6.16. The summed E-state index contributed by atoms with van der Waals surface area (Å²) < 4.78 is 10.3. The van der Waals surface area contributed by atoms with E-state index in [1.165, 1.54) is 0 Å². The van der Waals surface area contributed by atoms with Gasteiger partial charge in [0.2, 0.25) is 0 Å². The summed E-state index contributed by atoms with van der Waals surface area (Å²) >= 11 is 0. The van der Waals surface area contributed by atoms with Gasteiger partial charge in [-0.25, -0.2) is 4.79 Å². The highest BCUT2D eigenvalue weighted by molar-refractivity contribution is 5.84. The molecule has 0 aliphatic rings. The molecule has 0 aliphatic heterocycles. The topological polar surface area (TPSA) is 84.9 Å². The Morgan fingerprint density at radius 2 is 1.86 bits per heavy atom. The Labute approximate surface area is 124 Å². The minimum Gasteiger partial charge on any atom is -0.497 e. The van der Waals surface area contributed by atoms with Crippen LogP contribution in [0, 0.1) is 0 Å². The summed E-state index contributed by atoms with van der Waals surface area (Å²) in [5, 5.41) is 11.5. The molecule has 116 valence electrons. The first kappa shape index (κ1) is 16.8. The molecule has 0 radical (unpaired) electrons. The Bertz CT molecular complexity index is 458. The van der Waals surface area contributed by atoms with Crippen LogP contribution in [0.3, 0.4) is 0 Å². The molecule has 0 heterocycles. The zero-order valence-electron chi connectivity index (χ0n) is 12.3. The molecule has 21 heavy (non-hydrogen) atoms. The molecule has 1 amide bonds. The summed E-state index contributed by atoms with van der Waals surface area (Å²) in [6, 6.07) is 5.93. The van der Waals surface area contributed by atoms with Gasteiger partial charge in [-0.2, -0.15) is 0 Å². The second kappa shape index (κ2) is 8.84. The number of nitrogens with one attached hydrogen (secondary N) is 1. The van der Waals surface area contributed by atoms with Crippen LogP contribution >= 0.6 is 0 Å². The maximum absolute atomic E-state index is 11.7. The molecule has 6 heteroatoms. The van der Waals surface area contributed by atoms with Gasteiger partial charge in [-0.3, -0.25) is 4.79 Å². The fraction of sp³-hybridized carbons (Fsp3) is 0.467. The fourth-order valence-corrected chi connectivity index (χ4v) is 1.72. The Balaban J connectivity index is 2.42. The van der Waals surface area contributed by atoms with Gasteiger partial charge in [0.1, 0.15) is 17.5 Å². The number of unbranched alkanes of at least 4 members (excludes halogenated alkanes) is 1. The zero-order valence-corrected chi connectivity index (χ0v) is 12.3. The molecule has 1 aromatic carbocycles. The number of ether oxygens (including phenoxy) is 2. The van der Waals surface area contributed by atoms with Crippen LogP contribution in [-0.4, -0.2) is 36.7 Å². The number of carboxylic acid groups (broad SMARTS) is 1. The Hall–Kier alpha value is -2.24. The van der Waals surface area contributed by atoms with Crippen LogP contribution in [0.4, 0.5) is 0 Å². The number of carboxylic acids is 1. The van der Waals surface area contributed by atoms with Gasteiger partial charge in [-0.05, 0) is 30.7 Å². The zero-order chi connectivity index (χ0) is 15.7. The number of hydrogen-bond acceptors (Lipinski definition) is 4. The molecule has 0 fully saturated rings. The summed E-state index contributed by atoms with van der Waals surface area (Å²) in [7, 11) is 1.56. The predicted molar refractivity (Wildman–Crippen MR) is 77.6 cm³/mol. The highest BCUT2D eigenvalue weighted by atomic mass is 16.5. The van der Waals surface area contributed by atoms with E-state index in [9.17, 15) is 9.59 Å². The number of hydrogen-bond donors (Lipinski definition) is 2. The Kier molecular flexibility index (Phi) is 7.08. The Morgan fingerprint density at radius 1 is 1.24 bits per heavy atom. The summed E-state index contributed by atoms with van der Waals surface area (Å²) in [5.74, 6) is -0.265. The van der Waals surface area contributed by atoms with Gasteiger partial charge in [0, 0.05) is 0 Å². The van der Waals surface area contributed by atoms with Gasteiger partial charge < -0.3 is 19.9 Å². The average Bonchev–Trinajstić information content (AvgIpc) is 2.49. The molecule has 0 aromatic heterocycles. The smallest absolute Gasteiger partial charge is 0.326 e. The molecular formula is C15H21NO5. The van der Waals surface area contributed by atoms with E-state index in [0.29, 0.717) is 17.9 Å². The quantitative estimate of drug-likeness (QED) is 0.726. The van der Waals surface area contributed by atoms with E-state index in [1.807, 2.05) is 6.92 Å². The van der Waals surface area contributed by atoms with Crippen molar-refractivity contribution in [3.8, 4) is 11.5 Å². The minimum atomic E-state index is -1.03. The van der Waals surface area contributed by atoms with Gasteiger partial charge in [0.25, 0.3) is 5.91 Å². The maximum Gasteiger partial charge on any atom is 0.326 e. The molecule has 1 atom stereocenters. The van der Waals surface area contributed by atoms with E-state index >= 15 is 0 Å². The lowest BCUT2D eigenvalue weighted by Crippen LogP contribution is -2.42. The van der Waals surface area contributed by atoms with Crippen LogP contribution in [0.5, 0.6) is 11.5 Å². The SMILES string of the molecule is CCCC[C@H](NC(=O)COc1ccc(OC)cc1)C(=O)O. The van der Waals surface area contributed by atoms with Gasteiger partial charge >= 0.3 is 5.97 Å². The van der Waals surface area contributed by atoms with Crippen molar-refractivity contribution in [1.82, 2.24) is 5.32 Å². The second-order valence-electron chi connectivity index (χ2n) is 4.56. The lowest BCUT2D eigenvalue weighted by Gasteiger charge is -2.14. The third-order valence-electron chi connectivity index (χ3n) is 2.91. The van der Waals surface area contributed by atoms with Crippen molar-refractivity contribution in [2.75, 3.05) is 13.7 Å². The molecular weight excluding hydrogens is 274 g/mol. The maximum atomic E-state index is 11.7. The van der Waals surface area contributed by atoms with E-state index in [1.54, 1.807) is 31.4 Å². The van der Waals surface area contributed by atoms with Crippen molar-refractivity contribution >= 4 is 11.9 Å². The number of aliphatic carboxylic acids is 1. The van der Waals surface area contributed by atoms with Crippen molar-refractivity contribution in [2.24, 2.45) is 0 Å². The van der Waals surface area contributed by atoms with E-state index in [4.69, 9.17) is 14.6 Å². The van der Waals surface area contributed by atoms with Crippen molar-refractivity contribution in [3.05, 3.63) is 24.3 Å². The van der Waals surface area contributed by atoms with Crippen LogP contribution in [0.25, 0.3) is 0 Å². The van der Waals surface area contributed by atoms with E-state index < -0.39 is 17.9 Å². The van der Waals surface area contributed by atoms with E-state index in [0.717, 1.165) is 12.8 Å². The van der Waals surface area contributed by atoms with Crippen LogP contribution in [-0.2, 0) is 9.59 Å². The van der Waals surface area contributed by atoms with Gasteiger partial charge in [0.15, 0.2) is 6.61 Å². The number of benzene rings is 1. The first-order valence-electron chi connectivity index (χ1n) is 6.85. The number of carbonyl (C=O) groups excluding carboxylic acids is 1. The number of methoxy groups -OCH3 is 1. The van der Waals surface area contributed by atoms with Gasteiger partial charge in [0.05, 0.1) is 7.11 Å². The fourth-order valence-electron chi connectivity index (χ4n) is 1.72. The normalized spacial score (nSPS) is 11.5. The molecule has 6 nitrogen and oxygen atoms in total. The van der Waals surface area contributed by atoms with Crippen molar-refractivity contribution in [3.63, 3.8) is 0 Å². The average molecular weight is 295 g/mol. The summed E-state index contributed by atoms with van der Waals surface area (Å²) in [5.41, 5.74) is 0. The van der Waals surface area contributed by atoms with Crippen molar-refractivity contribution < 1.29 is 24.2 Å². The molecule has 0 bridgehead atoms. The van der Waals surface area contributed by atoms with Crippen molar-refractivity contribution in [1.29, 1.82) is 0 Å². The van der Waals surface area contributed by atoms with E-state index in [-0.39, 0.29) is 6.61 Å².